The molecule has 23 heavy (non-hydrogen) atoms. The summed E-state index contributed by atoms with van der Waals surface area (Å²) < 4.78 is 5.17. The molecule has 0 aliphatic carbocycles. The van der Waals surface area contributed by atoms with Gasteiger partial charge in [0.25, 0.3) is 11.8 Å². The third-order valence-electron chi connectivity index (χ3n) is 3.50. The van der Waals surface area contributed by atoms with Crippen molar-refractivity contribution < 1.29 is 14.3 Å². The second kappa shape index (κ2) is 7.45. The van der Waals surface area contributed by atoms with Crippen molar-refractivity contribution in [1.29, 1.82) is 0 Å². The standard InChI is InChI=1S/C18H20N2O3/c1-13-5-3-4-6-15(13)11-20(2)18(22)14-7-9-16(10-8-14)23-12-17(19)21/h3-10H,11-12H2,1-2H3,(H2,19,21). The zero-order valence-electron chi connectivity index (χ0n) is 13.3. The van der Waals surface area contributed by atoms with E-state index in [2.05, 4.69) is 0 Å². The molecule has 0 saturated carbocycles. The number of nitrogens with zero attached hydrogens (tertiary/aromatic N) is 1. The minimum Gasteiger partial charge on any atom is -0.484 e. The summed E-state index contributed by atoms with van der Waals surface area (Å²) in [4.78, 5) is 24.8. The Kier molecular flexibility index (Phi) is 5.36. The number of amides is 2. The first-order chi connectivity index (χ1) is 11.0. The molecule has 0 fully saturated rings. The predicted molar refractivity (Wildman–Crippen MR) is 88.1 cm³/mol. The average Bonchev–Trinajstić information content (AvgIpc) is 2.54. The van der Waals surface area contributed by atoms with Crippen molar-refractivity contribution in [2.24, 2.45) is 5.73 Å². The van der Waals surface area contributed by atoms with Crippen molar-refractivity contribution in [3.8, 4) is 5.75 Å². The van der Waals surface area contributed by atoms with E-state index < -0.39 is 5.91 Å². The van der Waals surface area contributed by atoms with Gasteiger partial charge in [-0.15, -0.1) is 0 Å². The van der Waals surface area contributed by atoms with Crippen molar-refractivity contribution in [3.63, 3.8) is 0 Å². The molecule has 2 rings (SSSR count). The Labute approximate surface area is 135 Å². The summed E-state index contributed by atoms with van der Waals surface area (Å²) in [5.74, 6) is -0.111. The number of primary amides is 1. The minimum absolute atomic E-state index is 0.0743. The van der Waals surface area contributed by atoms with Crippen LogP contribution in [0.2, 0.25) is 0 Å². The van der Waals surface area contributed by atoms with E-state index in [0.29, 0.717) is 17.9 Å². The third kappa shape index (κ3) is 4.57. The SMILES string of the molecule is Cc1ccccc1CN(C)C(=O)c1ccc(OCC(N)=O)cc1. The lowest BCUT2D eigenvalue weighted by atomic mass is 10.1. The van der Waals surface area contributed by atoms with Crippen LogP contribution >= 0.6 is 0 Å². The maximum atomic E-state index is 12.4. The monoisotopic (exact) mass is 312 g/mol. The zero-order chi connectivity index (χ0) is 16.8. The van der Waals surface area contributed by atoms with Crippen molar-refractivity contribution >= 4 is 11.8 Å². The second-order valence-electron chi connectivity index (χ2n) is 5.37. The Morgan fingerprint density at radius 1 is 1.09 bits per heavy atom. The predicted octanol–water partition coefficient (Wildman–Crippen LogP) is 2.13. The van der Waals surface area contributed by atoms with Gasteiger partial charge in [0.1, 0.15) is 5.75 Å². The molecule has 0 heterocycles. The maximum Gasteiger partial charge on any atom is 0.255 e. The fourth-order valence-corrected chi connectivity index (χ4v) is 2.18. The van der Waals surface area contributed by atoms with Crippen LogP contribution in [0, 0.1) is 6.92 Å². The first-order valence-corrected chi connectivity index (χ1v) is 7.28. The van der Waals surface area contributed by atoms with Crippen LogP contribution < -0.4 is 10.5 Å². The Morgan fingerprint density at radius 3 is 2.35 bits per heavy atom. The summed E-state index contributed by atoms with van der Waals surface area (Å²) in [7, 11) is 1.77. The Balaban J connectivity index is 2.02. The topological polar surface area (TPSA) is 72.6 Å². The van der Waals surface area contributed by atoms with Gasteiger partial charge in [-0.05, 0) is 42.3 Å². The van der Waals surface area contributed by atoms with Crippen LogP contribution in [-0.2, 0) is 11.3 Å². The van der Waals surface area contributed by atoms with E-state index in [9.17, 15) is 9.59 Å². The van der Waals surface area contributed by atoms with Gasteiger partial charge >= 0.3 is 0 Å². The van der Waals surface area contributed by atoms with Crippen LogP contribution in [0.15, 0.2) is 48.5 Å². The molecule has 5 heteroatoms. The molecule has 0 unspecified atom stereocenters. The zero-order valence-corrected chi connectivity index (χ0v) is 13.3. The van der Waals surface area contributed by atoms with Gasteiger partial charge in [0, 0.05) is 19.2 Å². The average molecular weight is 312 g/mol. The fourth-order valence-electron chi connectivity index (χ4n) is 2.18. The highest BCUT2D eigenvalue weighted by Crippen LogP contribution is 2.15. The van der Waals surface area contributed by atoms with Crippen LogP contribution in [0.3, 0.4) is 0 Å². The summed E-state index contributed by atoms with van der Waals surface area (Å²) in [5, 5.41) is 0. The van der Waals surface area contributed by atoms with Gasteiger partial charge in [-0.1, -0.05) is 24.3 Å². The molecule has 0 saturated heterocycles. The molecule has 2 N–H and O–H groups in total. The highest BCUT2D eigenvalue weighted by atomic mass is 16.5. The van der Waals surface area contributed by atoms with Crippen molar-refractivity contribution in [2.75, 3.05) is 13.7 Å². The normalized spacial score (nSPS) is 10.2. The van der Waals surface area contributed by atoms with E-state index in [4.69, 9.17) is 10.5 Å². The van der Waals surface area contributed by atoms with Crippen molar-refractivity contribution in [2.45, 2.75) is 13.5 Å². The minimum atomic E-state index is -0.539. The number of rotatable bonds is 6. The molecule has 0 aliphatic rings. The highest BCUT2D eigenvalue weighted by molar-refractivity contribution is 5.94. The molecular formula is C18H20N2O3. The van der Waals surface area contributed by atoms with E-state index in [1.807, 2.05) is 31.2 Å². The Bertz CT molecular complexity index is 696. The Hall–Kier alpha value is -2.82. The van der Waals surface area contributed by atoms with E-state index >= 15 is 0 Å². The number of carbonyl (C=O) groups is 2. The van der Waals surface area contributed by atoms with Gasteiger partial charge in [-0.2, -0.15) is 0 Å². The van der Waals surface area contributed by atoms with E-state index in [-0.39, 0.29) is 12.5 Å². The van der Waals surface area contributed by atoms with Gasteiger partial charge in [-0.3, -0.25) is 9.59 Å². The lowest BCUT2D eigenvalue weighted by Crippen LogP contribution is -2.26. The molecule has 2 aromatic carbocycles. The molecule has 2 aromatic rings. The largest absolute Gasteiger partial charge is 0.484 e. The van der Waals surface area contributed by atoms with Gasteiger partial charge in [0.15, 0.2) is 6.61 Å². The van der Waals surface area contributed by atoms with Gasteiger partial charge in [-0.25, -0.2) is 0 Å². The second-order valence-corrected chi connectivity index (χ2v) is 5.37. The summed E-state index contributed by atoms with van der Waals surface area (Å²) in [6.45, 7) is 2.39. The molecule has 0 bridgehead atoms. The van der Waals surface area contributed by atoms with Crippen molar-refractivity contribution in [1.82, 2.24) is 4.90 Å². The van der Waals surface area contributed by atoms with Gasteiger partial charge < -0.3 is 15.4 Å². The number of nitrogens with two attached hydrogens (primary N) is 1. The lowest BCUT2D eigenvalue weighted by Gasteiger charge is -2.18. The van der Waals surface area contributed by atoms with E-state index in [1.165, 1.54) is 0 Å². The molecule has 120 valence electrons. The van der Waals surface area contributed by atoms with Crippen molar-refractivity contribution in [3.05, 3.63) is 65.2 Å². The molecule has 2 amide bonds. The maximum absolute atomic E-state index is 12.4. The first-order valence-electron chi connectivity index (χ1n) is 7.28. The lowest BCUT2D eigenvalue weighted by molar-refractivity contribution is -0.119. The van der Waals surface area contributed by atoms with Crippen LogP contribution in [-0.4, -0.2) is 30.4 Å². The number of carbonyl (C=O) groups excluding carboxylic acids is 2. The van der Waals surface area contributed by atoms with Crippen LogP contribution in [0.25, 0.3) is 0 Å². The molecule has 0 spiro atoms. The highest BCUT2D eigenvalue weighted by Gasteiger charge is 2.13. The molecule has 0 aromatic heterocycles. The molecule has 0 radical (unpaired) electrons. The smallest absolute Gasteiger partial charge is 0.255 e. The number of hydrogen-bond donors (Lipinski definition) is 1. The number of ether oxygens (including phenoxy) is 1. The van der Waals surface area contributed by atoms with Crippen LogP contribution in [0.4, 0.5) is 0 Å². The third-order valence-corrected chi connectivity index (χ3v) is 3.50. The fraction of sp³-hybridized carbons (Fsp3) is 0.222. The van der Waals surface area contributed by atoms with Crippen LogP contribution in [0.5, 0.6) is 5.75 Å². The van der Waals surface area contributed by atoms with Gasteiger partial charge in [0.2, 0.25) is 0 Å². The summed E-state index contributed by atoms with van der Waals surface area (Å²) >= 11 is 0. The summed E-state index contributed by atoms with van der Waals surface area (Å²) in [6.07, 6.45) is 0. The summed E-state index contributed by atoms with van der Waals surface area (Å²) in [5.41, 5.74) is 7.85. The molecule has 5 nitrogen and oxygen atoms in total. The molecule has 0 atom stereocenters. The summed E-state index contributed by atoms with van der Waals surface area (Å²) in [6, 6.07) is 14.6. The van der Waals surface area contributed by atoms with E-state index in [0.717, 1.165) is 11.1 Å². The number of benzene rings is 2. The van der Waals surface area contributed by atoms with Gasteiger partial charge in [0.05, 0.1) is 0 Å². The number of hydrogen-bond acceptors (Lipinski definition) is 3. The Morgan fingerprint density at radius 2 is 1.74 bits per heavy atom. The number of aryl methyl sites for hydroxylation is 1. The quantitative estimate of drug-likeness (QED) is 0.888. The molecular weight excluding hydrogens is 292 g/mol. The first kappa shape index (κ1) is 16.5. The molecule has 0 aliphatic heterocycles. The van der Waals surface area contributed by atoms with E-state index in [1.54, 1.807) is 36.2 Å². The van der Waals surface area contributed by atoms with Crippen LogP contribution in [0.1, 0.15) is 21.5 Å².